The fraction of sp³-hybridized carbons (Fsp3) is 0.423. The molecule has 7 heteroatoms. The van der Waals surface area contributed by atoms with Crippen LogP contribution in [0.1, 0.15) is 55.6 Å². The third kappa shape index (κ3) is 5.92. The van der Waals surface area contributed by atoms with Crippen LogP contribution in [0.15, 0.2) is 48.5 Å². The molecule has 1 saturated carbocycles. The summed E-state index contributed by atoms with van der Waals surface area (Å²) in [6.45, 7) is 0.661. The molecule has 0 bridgehead atoms. The van der Waals surface area contributed by atoms with E-state index in [0.29, 0.717) is 31.7 Å². The first-order chi connectivity index (χ1) is 16.0. The van der Waals surface area contributed by atoms with Crippen LogP contribution in [-0.4, -0.2) is 42.3 Å². The van der Waals surface area contributed by atoms with E-state index in [2.05, 4.69) is 34.9 Å². The van der Waals surface area contributed by atoms with E-state index in [-0.39, 0.29) is 24.9 Å². The topological polar surface area (TPSA) is 105 Å². The van der Waals surface area contributed by atoms with Crippen molar-refractivity contribution in [2.24, 2.45) is 5.92 Å². The Morgan fingerprint density at radius 2 is 1.61 bits per heavy atom. The maximum Gasteiger partial charge on any atom is 0.407 e. The van der Waals surface area contributed by atoms with Gasteiger partial charge < -0.3 is 20.5 Å². The van der Waals surface area contributed by atoms with Gasteiger partial charge in [-0.2, -0.15) is 0 Å². The van der Waals surface area contributed by atoms with Crippen LogP contribution in [0.2, 0.25) is 0 Å². The highest BCUT2D eigenvalue weighted by molar-refractivity contribution is 5.83. The number of amides is 2. The molecule has 2 amide bonds. The summed E-state index contributed by atoms with van der Waals surface area (Å²) in [7, 11) is 0. The zero-order valence-corrected chi connectivity index (χ0v) is 18.6. The van der Waals surface area contributed by atoms with Gasteiger partial charge in [-0.25, -0.2) is 9.59 Å². The minimum absolute atomic E-state index is 0.0182. The summed E-state index contributed by atoms with van der Waals surface area (Å²) >= 11 is 0. The van der Waals surface area contributed by atoms with Gasteiger partial charge in [-0.05, 0) is 47.4 Å². The molecule has 0 radical (unpaired) electrons. The van der Waals surface area contributed by atoms with Gasteiger partial charge in [-0.15, -0.1) is 0 Å². The molecule has 2 aliphatic carbocycles. The molecule has 3 N–H and O–H groups in total. The summed E-state index contributed by atoms with van der Waals surface area (Å²) in [5.41, 5.74) is 4.70. The Morgan fingerprint density at radius 1 is 0.970 bits per heavy atom. The van der Waals surface area contributed by atoms with E-state index in [9.17, 15) is 19.5 Å². The molecule has 0 heterocycles. The van der Waals surface area contributed by atoms with E-state index in [1.165, 1.54) is 22.3 Å². The van der Waals surface area contributed by atoms with Crippen LogP contribution in [0.5, 0.6) is 0 Å². The zero-order chi connectivity index (χ0) is 23.2. The van der Waals surface area contributed by atoms with Crippen molar-refractivity contribution in [3.05, 3.63) is 59.7 Å². The van der Waals surface area contributed by atoms with Crippen LogP contribution >= 0.6 is 0 Å². The van der Waals surface area contributed by atoms with Crippen LogP contribution in [0.4, 0.5) is 4.79 Å². The Balaban J connectivity index is 1.15. The van der Waals surface area contributed by atoms with Crippen LogP contribution in [0.25, 0.3) is 11.1 Å². The van der Waals surface area contributed by atoms with Crippen LogP contribution in [-0.2, 0) is 14.3 Å². The second-order valence-corrected chi connectivity index (χ2v) is 8.85. The van der Waals surface area contributed by atoms with E-state index in [1.807, 2.05) is 24.3 Å². The predicted octanol–water partition coefficient (Wildman–Crippen LogP) is 4.06. The van der Waals surface area contributed by atoms with E-state index < -0.39 is 18.1 Å². The molecule has 0 aliphatic heterocycles. The molecular formula is C26H30N2O5. The van der Waals surface area contributed by atoms with Crippen LogP contribution < -0.4 is 10.6 Å². The maximum atomic E-state index is 12.2. The average molecular weight is 451 g/mol. The summed E-state index contributed by atoms with van der Waals surface area (Å²) in [5.74, 6) is -0.797. The number of nitrogens with one attached hydrogen (secondary N) is 2. The first-order valence-electron chi connectivity index (χ1n) is 11.6. The number of carboxylic acids is 1. The third-order valence-corrected chi connectivity index (χ3v) is 6.34. The second kappa shape index (κ2) is 10.5. The summed E-state index contributed by atoms with van der Waals surface area (Å²) in [6, 6.07) is 15.6. The van der Waals surface area contributed by atoms with E-state index in [1.54, 1.807) is 0 Å². The number of carbonyl (C=O) groups is 3. The maximum absolute atomic E-state index is 12.2. The quantitative estimate of drug-likeness (QED) is 0.448. The second-order valence-electron chi connectivity index (χ2n) is 8.85. The number of hydrogen-bond donors (Lipinski definition) is 3. The Bertz CT molecular complexity index is 972. The molecule has 33 heavy (non-hydrogen) atoms. The molecule has 174 valence electrons. The van der Waals surface area contributed by atoms with Gasteiger partial charge in [-0.1, -0.05) is 61.4 Å². The van der Waals surface area contributed by atoms with Crippen molar-refractivity contribution in [1.82, 2.24) is 10.6 Å². The summed E-state index contributed by atoms with van der Waals surface area (Å²) in [5, 5.41) is 14.6. The van der Waals surface area contributed by atoms with Gasteiger partial charge in [0.1, 0.15) is 12.6 Å². The molecule has 2 aromatic carbocycles. The normalized spacial score (nSPS) is 15.3. The summed E-state index contributed by atoms with van der Waals surface area (Å²) in [4.78, 5) is 35.5. The molecule has 0 unspecified atom stereocenters. The van der Waals surface area contributed by atoms with Gasteiger partial charge in [0.15, 0.2) is 0 Å². The fourth-order valence-corrected chi connectivity index (χ4v) is 4.43. The third-order valence-electron chi connectivity index (χ3n) is 6.34. The highest BCUT2D eigenvalue weighted by atomic mass is 16.5. The van der Waals surface area contributed by atoms with Crippen molar-refractivity contribution in [3.63, 3.8) is 0 Å². The van der Waals surface area contributed by atoms with Crippen LogP contribution in [0.3, 0.4) is 0 Å². The Kier molecular flexibility index (Phi) is 7.27. The van der Waals surface area contributed by atoms with Gasteiger partial charge in [0, 0.05) is 18.9 Å². The Morgan fingerprint density at radius 3 is 2.21 bits per heavy atom. The van der Waals surface area contributed by atoms with Crippen molar-refractivity contribution in [1.29, 1.82) is 0 Å². The van der Waals surface area contributed by atoms with Crippen LogP contribution in [0, 0.1) is 5.92 Å². The molecule has 0 saturated heterocycles. The van der Waals surface area contributed by atoms with Gasteiger partial charge in [-0.3, -0.25) is 4.79 Å². The lowest BCUT2D eigenvalue weighted by atomic mass is 9.98. The van der Waals surface area contributed by atoms with Crippen molar-refractivity contribution < 1.29 is 24.2 Å². The lowest BCUT2D eigenvalue weighted by Gasteiger charge is -2.15. The number of unbranched alkanes of at least 4 members (excludes halogenated alkanes) is 1. The molecule has 1 atom stereocenters. The fourth-order valence-electron chi connectivity index (χ4n) is 4.43. The van der Waals surface area contributed by atoms with Crippen molar-refractivity contribution in [2.75, 3.05) is 13.2 Å². The minimum atomic E-state index is -0.979. The molecule has 7 nitrogen and oxygen atoms in total. The number of rotatable bonds is 11. The average Bonchev–Trinajstić information content (AvgIpc) is 3.57. The first kappa shape index (κ1) is 22.8. The predicted molar refractivity (Wildman–Crippen MR) is 124 cm³/mol. The Hall–Kier alpha value is -3.35. The minimum Gasteiger partial charge on any atom is -0.480 e. The Labute approximate surface area is 193 Å². The van der Waals surface area contributed by atoms with Crippen molar-refractivity contribution >= 4 is 18.0 Å². The molecule has 2 aromatic rings. The van der Waals surface area contributed by atoms with Crippen molar-refractivity contribution in [3.8, 4) is 11.1 Å². The molecule has 2 aliphatic rings. The van der Waals surface area contributed by atoms with Gasteiger partial charge in [0.05, 0.1) is 0 Å². The molecule has 0 spiro atoms. The molecule has 0 aromatic heterocycles. The van der Waals surface area contributed by atoms with E-state index >= 15 is 0 Å². The van der Waals surface area contributed by atoms with Crippen molar-refractivity contribution in [2.45, 2.75) is 50.5 Å². The van der Waals surface area contributed by atoms with E-state index in [0.717, 1.165) is 12.8 Å². The highest BCUT2D eigenvalue weighted by Gasteiger charge is 2.30. The number of benzene rings is 2. The largest absolute Gasteiger partial charge is 0.480 e. The number of hydrogen-bond acceptors (Lipinski definition) is 4. The summed E-state index contributed by atoms with van der Waals surface area (Å²) in [6.07, 6.45) is 3.52. The van der Waals surface area contributed by atoms with Gasteiger partial charge in [0.2, 0.25) is 5.91 Å². The lowest BCUT2D eigenvalue weighted by molar-refractivity contribution is -0.142. The highest BCUT2D eigenvalue weighted by Crippen LogP contribution is 2.44. The number of aliphatic carboxylic acids is 1. The van der Waals surface area contributed by atoms with E-state index in [4.69, 9.17) is 4.74 Å². The molecule has 1 fully saturated rings. The number of carbonyl (C=O) groups excluding carboxylic acids is 2. The van der Waals surface area contributed by atoms with Gasteiger partial charge >= 0.3 is 12.1 Å². The standard InChI is InChI=1S/C26H30N2O5/c29-24(28-23(25(30)31)15-17-12-13-17)11-5-6-14-27-26(32)33-16-22-20-9-3-1-7-18(20)19-8-2-4-10-21(19)22/h1-4,7-10,17,22-23H,5-6,11-16H2,(H,27,32)(H,28,29)(H,30,31)/t23-/m0/s1. The smallest absolute Gasteiger partial charge is 0.407 e. The van der Waals surface area contributed by atoms with Gasteiger partial charge in [0.25, 0.3) is 0 Å². The lowest BCUT2D eigenvalue weighted by Crippen LogP contribution is -2.41. The number of fused-ring (bicyclic) bond motifs is 3. The number of ether oxygens (including phenoxy) is 1. The SMILES string of the molecule is O=C(CCCCNC(=O)OCC1c2ccccc2-c2ccccc21)N[C@@H](CC1CC1)C(=O)O. The molecule has 4 rings (SSSR count). The monoisotopic (exact) mass is 450 g/mol. The molecular weight excluding hydrogens is 420 g/mol. The summed E-state index contributed by atoms with van der Waals surface area (Å²) < 4.78 is 5.49. The first-order valence-corrected chi connectivity index (χ1v) is 11.6. The number of alkyl carbamates (subject to hydrolysis) is 1. The zero-order valence-electron chi connectivity index (χ0n) is 18.6. The number of carboxylic acid groups (broad SMARTS) is 1.